The summed E-state index contributed by atoms with van der Waals surface area (Å²) in [6, 6.07) is 24.5. The predicted octanol–water partition coefficient (Wildman–Crippen LogP) is 7.02. The first-order chi connectivity index (χ1) is 11.0. The summed E-state index contributed by atoms with van der Waals surface area (Å²) in [5, 5.41) is 2.73. The van der Waals surface area contributed by atoms with E-state index in [0.29, 0.717) is 0 Å². The molecule has 4 aromatic rings. The number of fused-ring (bicyclic) bond motifs is 3. The highest BCUT2D eigenvalue weighted by molar-refractivity contribution is 7.25. The Bertz CT molecular complexity index is 999. The highest BCUT2D eigenvalue weighted by Gasteiger charge is 2.14. The minimum atomic E-state index is 0.176. The first-order valence-corrected chi connectivity index (χ1v) is 8.86. The summed E-state index contributed by atoms with van der Waals surface area (Å²) < 4.78 is 2.73. The molecular formula is C22H20S. The molecule has 0 nitrogen and oxygen atoms in total. The maximum absolute atomic E-state index is 2.34. The first kappa shape index (κ1) is 14.5. The van der Waals surface area contributed by atoms with Crippen molar-refractivity contribution in [3.8, 4) is 11.1 Å². The first-order valence-electron chi connectivity index (χ1n) is 8.04. The van der Waals surface area contributed by atoms with Gasteiger partial charge in [0, 0.05) is 20.2 Å². The maximum Gasteiger partial charge on any atom is 0.0355 e. The van der Waals surface area contributed by atoms with E-state index in [2.05, 4.69) is 87.5 Å². The lowest BCUT2D eigenvalue weighted by Gasteiger charge is -2.19. The molecule has 0 N–H and O–H groups in total. The SMILES string of the molecule is CC(C)(C)c1cccc(-c2ccc3sc4ccccc4c3c2)c1. The summed E-state index contributed by atoms with van der Waals surface area (Å²) in [6.07, 6.45) is 0. The quantitative estimate of drug-likeness (QED) is 0.354. The second kappa shape index (κ2) is 5.21. The number of hydrogen-bond acceptors (Lipinski definition) is 1. The van der Waals surface area contributed by atoms with E-state index in [0.717, 1.165) is 0 Å². The van der Waals surface area contributed by atoms with Gasteiger partial charge in [0.15, 0.2) is 0 Å². The molecule has 0 aliphatic carbocycles. The molecule has 0 fully saturated rings. The smallest absolute Gasteiger partial charge is 0.0355 e. The Morgan fingerprint density at radius 2 is 1.39 bits per heavy atom. The van der Waals surface area contributed by atoms with Gasteiger partial charge < -0.3 is 0 Å². The third kappa shape index (κ3) is 2.55. The third-order valence-electron chi connectivity index (χ3n) is 4.44. The maximum atomic E-state index is 2.34. The van der Waals surface area contributed by atoms with Crippen LogP contribution in [0.5, 0.6) is 0 Å². The molecule has 0 radical (unpaired) electrons. The third-order valence-corrected chi connectivity index (χ3v) is 5.59. The van der Waals surface area contributed by atoms with Gasteiger partial charge in [-0.15, -0.1) is 11.3 Å². The Morgan fingerprint density at radius 1 is 0.652 bits per heavy atom. The van der Waals surface area contributed by atoms with Gasteiger partial charge in [0.1, 0.15) is 0 Å². The molecule has 0 unspecified atom stereocenters. The van der Waals surface area contributed by atoms with Gasteiger partial charge in [-0.25, -0.2) is 0 Å². The van der Waals surface area contributed by atoms with Crippen molar-refractivity contribution < 1.29 is 0 Å². The standard InChI is InChI=1S/C22H20S/c1-22(2,3)17-8-6-7-15(13-17)16-11-12-21-19(14-16)18-9-4-5-10-20(18)23-21/h4-14H,1-3H3. The molecule has 0 aliphatic rings. The van der Waals surface area contributed by atoms with Crippen LogP contribution < -0.4 is 0 Å². The minimum absolute atomic E-state index is 0.176. The summed E-state index contributed by atoms with van der Waals surface area (Å²) in [6.45, 7) is 6.80. The normalized spacial score (nSPS) is 12.1. The zero-order valence-electron chi connectivity index (χ0n) is 13.8. The lowest BCUT2D eigenvalue weighted by molar-refractivity contribution is 0.590. The van der Waals surface area contributed by atoms with Crippen molar-refractivity contribution in [3.05, 3.63) is 72.3 Å². The predicted molar refractivity (Wildman–Crippen MR) is 103 cm³/mol. The fourth-order valence-electron chi connectivity index (χ4n) is 3.07. The van der Waals surface area contributed by atoms with E-state index in [1.165, 1.54) is 36.9 Å². The zero-order chi connectivity index (χ0) is 16.0. The van der Waals surface area contributed by atoms with Gasteiger partial charge in [-0.05, 0) is 40.3 Å². The van der Waals surface area contributed by atoms with Crippen molar-refractivity contribution in [2.24, 2.45) is 0 Å². The van der Waals surface area contributed by atoms with Crippen molar-refractivity contribution in [1.29, 1.82) is 0 Å². The van der Waals surface area contributed by atoms with Crippen molar-refractivity contribution in [1.82, 2.24) is 0 Å². The van der Waals surface area contributed by atoms with Crippen LogP contribution in [0.15, 0.2) is 66.7 Å². The molecule has 0 atom stereocenters. The Morgan fingerprint density at radius 3 is 2.22 bits per heavy atom. The highest BCUT2D eigenvalue weighted by atomic mass is 32.1. The molecule has 0 aliphatic heterocycles. The molecule has 4 rings (SSSR count). The number of thiophene rings is 1. The molecule has 3 aromatic carbocycles. The van der Waals surface area contributed by atoms with Crippen LogP contribution in [-0.2, 0) is 5.41 Å². The van der Waals surface area contributed by atoms with E-state index in [4.69, 9.17) is 0 Å². The molecule has 1 heteroatoms. The van der Waals surface area contributed by atoms with Gasteiger partial charge in [0.25, 0.3) is 0 Å². The van der Waals surface area contributed by atoms with E-state index < -0.39 is 0 Å². The van der Waals surface area contributed by atoms with Crippen molar-refractivity contribution in [2.45, 2.75) is 26.2 Å². The largest absolute Gasteiger partial charge is 0.135 e. The van der Waals surface area contributed by atoms with E-state index in [1.807, 2.05) is 11.3 Å². The highest BCUT2D eigenvalue weighted by Crippen LogP contribution is 2.36. The van der Waals surface area contributed by atoms with Crippen LogP contribution in [0, 0.1) is 0 Å². The fourth-order valence-corrected chi connectivity index (χ4v) is 4.16. The van der Waals surface area contributed by atoms with Crippen LogP contribution in [0.3, 0.4) is 0 Å². The van der Waals surface area contributed by atoms with E-state index >= 15 is 0 Å². The Balaban J connectivity index is 1.91. The average Bonchev–Trinajstić information content (AvgIpc) is 2.92. The van der Waals surface area contributed by atoms with Gasteiger partial charge in [-0.2, -0.15) is 0 Å². The molecular weight excluding hydrogens is 296 g/mol. The van der Waals surface area contributed by atoms with E-state index in [-0.39, 0.29) is 5.41 Å². The van der Waals surface area contributed by atoms with Crippen LogP contribution in [0.2, 0.25) is 0 Å². The van der Waals surface area contributed by atoms with Crippen molar-refractivity contribution >= 4 is 31.5 Å². The summed E-state index contributed by atoms with van der Waals surface area (Å²) >= 11 is 1.87. The van der Waals surface area contributed by atoms with Gasteiger partial charge >= 0.3 is 0 Å². The average molecular weight is 316 g/mol. The summed E-state index contributed by atoms with van der Waals surface area (Å²) in [7, 11) is 0. The zero-order valence-corrected chi connectivity index (χ0v) is 14.6. The molecule has 114 valence electrons. The van der Waals surface area contributed by atoms with Gasteiger partial charge in [-0.1, -0.05) is 69.3 Å². The fraction of sp³-hybridized carbons (Fsp3) is 0.182. The summed E-state index contributed by atoms with van der Waals surface area (Å²) in [4.78, 5) is 0. The summed E-state index contributed by atoms with van der Waals surface area (Å²) in [5.74, 6) is 0. The van der Waals surface area contributed by atoms with Crippen LogP contribution in [0.4, 0.5) is 0 Å². The van der Waals surface area contributed by atoms with Gasteiger partial charge in [-0.3, -0.25) is 0 Å². The molecule has 0 spiro atoms. The van der Waals surface area contributed by atoms with Gasteiger partial charge in [0.05, 0.1) is 0 Å². The molecule has 1 aromatic heterocycles. The van der Waals surface area contributed by atoms with Crippen molar-refractivity contribution in [2.75, 3.05) is 0 Å². The van der Waals surface area contributed by atoms with Crippen LogP contribution in [-0.4, -0.2) is 0 Å². The Hall–Kier alpha value is -2.12. The minimum Gasteiger partial charge on any atom is -0.135 e. The molecule has 23 heavy (non-hydrogen) atoms. The van der Waals surface area contributed by atoms with E-state index in [1.54, 1.807) is 0 Å². The van der Waals surface area contributed by atoms with E-state index in [9.17, 15) is 0 Å². The van der Waals surface area contributed by atoms with Crippen LogP contribution in [0.1, 0.15) is 26.3 Å². The molecule has 0 saturated carbocycles. The Labute approximate surface area is 141 Å². The second-order valence-electron chi connectivity index (χ2n) is 7.14. The molecule has 1 heterocycles. The molecule has 0 saturated heterocycles. The van der Waals surface area contributed by atoms with Gasteiger partial charge in [0.2, 0.25) is 0 Å². The molecule has 0 bridgehead atoms. The molecule has 0 amide bonds. The van der Waals surface area contributed by atoms with Crippen LogP contribution >= 0.6 is 11.3 Å². The number of rotatable bonds is 1. The lowest BCUT2D eigenvalue weighted by Crippen LogP contribution is -2.10. The lowest BCUT2D eigenvalue weighted by atomic mass is 9.85. The van der Waals surface area contributed by atoms with Crippen LogP contribution in [0.25, 0.3) is 31.3 Å². The number of benzene rings is 3. The monoisotopic (exact) mass is 316 g/mol. The second-order valence-corrected chi connectivity index (χ2v) is 8.22. The Kier molecular flexibility index (Phi) is 3.28. The summed E-state index contributed by atoms with van der Waals surface area (Å²) in [5.41, 5.74) is 4.15. The topological polar surface area (TPSA) is 0 Å². The number of hydrogen-bond donors (Lipinski definition) is 0. The van der Waals surface area contributed by atoms with Crippen molar-refractivity contribution in [3.63, 3.8) is 0 Å².